The Hall–Kier alpha value is -15.8. The minimum atomic E-state index is -1.02. The minimum absolute atomic E-state index is 0. The average molecular weight is 1960 g/mol. The molecule has 0 aliphatic heterocycles. The second kappa shape index (κ2) is 56.3. The van der Waals surface area contributed by atoms with E-state index in [1.165, 1.54) is 26.6 Å². The number of ketones is 4. The lowest BCUT2D eigenvalue weighted by molar-refractivity contribution is -0.146. The summed E-state index contributed by atoms with van der Waals surface area (Å²) < 4.78 is 30.7. The van der Waals surface area contributed by atoms with Gasteiger partial charge in [0.15, 0.2) is 29.2 Å². The average Bonchev–Trinajstić information content (AvgIpc) is 1.67. The molecular weight excluding hydrogens is 1840 g/mol. The number of aliphatic carboxylic acids is 2. The van der Waals surface area contributed by atoms with E-state index in [-0.39, 0.29) is 96.7 Å². The molecule has 0 bridgehead atoms. The third-order valence-electron chi connectivity index (χ3n) is 22.6. The Morgan fingerprint density at radius 3 is 0.923 bits per heavy atom. The summed E-state index contributed by atoms with van der Waals surface area (Å²) in [4.78, 5) is 180. The number of carbonyl (C=O) groups excluding carboxylic acids is 10. The highest BCUT2D eigenvalue weighted by Crippen LogP contribution is 2.34. The van der Waals surface area contributed by atoms with Crippen molar-refractivity contribution >= 4 is 127 Å². The number of ether oxygens (including phenoxy) is 6. The van der Waals surface area contributed by atoms with E-state index in [9.17, 15) is 67.9 Å². The van der Waals surface area contributed by atoms with Crippen LogP contribution in [0.3, 0.4) is 0 Å². The third kappa shape index (κ3) is 33.2. The molecule has 35 nitrogen and oxygen atoms in total. The molecule has 9 aromatic heterocycles. The predicted molar refractivity (Wildman–Crippen MR) is 538 cm³/mol. The van der Waals surface area contributed by atoms with Crippen LogP contribution in [0.1, 0.15) is 214 Å². The first kappa shape index (κ1) is 113. The maximum absolute atomic E-state index is 13.2. The van der Waals surface area contributed by atoms with E-state index in [1.54, 1.807) is 170 Å². The first-order chi connectivity index (χ1) is 67.4. The summed E-state index contributed by atoms with van der Waals surface area (Å²) in [5, 5.41) is 38.8. The number of nitrogens with one attached hydrogen (secondary N) is 7. The number of nitrogens with zero attached hydrogens (tertiary/aromatic N) is 6. The van der Waals surface area contributed by atoms with E-state index in [1.807, 2.05) is 128 Å². The first-order valence-electron chi connectivity index (χ1n) is 45.7. The van der Waals surface area contributed by atoms with Crippen molar-refractivity contribution in [2.24, 2.45) is 58.8 Å². The van der Waals surface area contributed by atoms with Crippen molar-refractivity contribution < 1.29 is 96.2 Å². The van der Waals surface area contributed by atoms with Gasteiger partial charge in [0, 0.05) is 166 Å². The number of H-pyrrole nitrogens is 4. The zero-order valence-corrected chi connectivity index (χ0v) is 82.8. The molecule has 5 unspecified atom stereocenters. The molecule has 13 rings (SSSR count). The number of hydrogen-bond acceptors (Lipinski definition) is 25. The van der Waals surface area contributed by atoms with Crippen molar-refractivity contribution in [1.29, 1.82) is 5.26 Å². The van der Waals surface area contributed by atoms with E-state index in [0.29, 0.717) is 93.7 Å². The topological polar surface area (TPSA) is 540 Å². The highest BCUT2D eigenvalue weighted by Gasteiger charge is 2.34. The molecule has 750 valence electrons. The van der Waals surface area contributed by atoms with Crippen molar-refractivity contribution in [2.45, 2.75) is 144 Å². The van der Waals surface area contributed by atoms with Crippen LogP contribution in [-0.4, -0.2) is 168 Å². The van der Waals surface area contributed by atoms with Crippen molar-refractivity contribution in [3.63, 3.8) is 0 Å². The van der Waals surface area contributed by atoms with Gasteiger partial charge in [-0.3, -0.25) is 77.7 Å². The van der Waals surface area contributed by atoms with Crippen LogP contribution in [0.25, 0.3) is 43.6 Å². The van der Waals surface area contributed by atoms with E-state index in [0.717, 1.165) is 49.2 Å². The Labute approximate surface area is 829 Å². The zero-order chi connectivity index (χ0) is 103. The summed E-state index contributed by atoms with van der Waals surface area (Å²) in [6.45, 7) is 17.5. The smallest absolute Gasteiger partial charge is 0.333 e. The number of Topliss-reactive ketones (excluding diaryl/α,β-unsaturated/α-hetero) is 4. The second-order valence-corrected chi connectivity index (χ2v) is 34.9. The van der Waals surface area contributed by atoms with Crippen LogP contribution >= 0.6 is 12.4 Å². The summed E-state index contributed by atoms with van der Waals surface area (Å²) in [6.07, 6.45) is 17.7. The number of carboxylic acids is 2. The molecule has 13 aromatic rings. The molecule has 0 saturated heterocycles. The largest absolute Gasteiger partial charge is 0.496 e. The Morgan fingerprint density at radius 2 is 0.648 bits per heavy atom. The number of carboxylic acid groups (broad SMARTS) is 2. The van der Waals surface area contributed by atoms with Gasteiger partial charge in [-0.15, -0.1) is 12.4 Å². The predicted octanol–water partition coefficient (Wildman–Crippen LogP) is 16.6. The Bertz CT molecular complexity index is 6410. The van der Waals surface area contributed by atoms with Crippen LogP contribution in [-0.2, 0) is 47.8 Å². The molecule has 9 heterocycles. The maximum Gasteiger partial charge on any atom is 0.333 e. The number of aromatic amines is 4. The van der Waals surface area contributed by atoms with Gasteiger partial charge in [-0.1, -0.05) is 110 Å². The van der Waals surface area contributed by atoms with Crippen LogP contribution in [0.5, 0.6) is 23.0 Å². The number of halogens is 1. The highest BCUT2D eigenvalue weighted by atomic mass is 35.5. The van der Waals surface area contributed by atoms with E-state index in [2.05, 4.69) is 71.6 Å². The Morgan fingerprint density at radius 1 is 0.366 bits per heavy atom. The molecule has 0 aliphatic carbocycles. The third-order valence-corrected chi connectivity index (χ3v) is 22.6. The van der Waals surface area contributed by atoms with Crippen LogP contribution in [0, 0.1) is 58.7 Å². The first-order valence-corrected chi connectivity index (χ1v) is 45.7. The molecule has 0 spiro atoms. The van der Waals surface area contributed by atoms with Crippen LogP contribution in [0.4, 0.5) is 0 Å². The Kier molecular flexibility index (Phi) is 44.9. The van der Waals surface area contributed by atoms with Gasteiger partial charge in [-0.05, 0) is 171 Å². The van der Waals surface area contributed by atoms with Crippen LogP contribution < -0.4 is 46.4 Å². The highest BCUT2D eigenvalue weighted by molar-refractivity contribution is 6.06. The number of esters is 2. The second-order valence-electron chi connectivity index (χ2n) is 34.9. The lowest BCUT2D eigenvalue weighted by Gasteiger charge is -2.22. The molecular formula is C106H124ClN15O20. The van der Waals surface area contributed by atoms with Gasteiger partial charge in [0.25, 0.3) is 0 Å². The lowest BCUT2D eigenvalue weighted by atomic mass is 9.90. The monoisotopic (exact) mass is 1960 g/mol. The van der Waals surface area contributed by atoms with E-state index < -0.39 is 89.4 Å². The number of primary amides is 1. The SMILES string of the molecule is CC(C(=O)O)c1cccnc1.COC(=O)C(N)c1cccnc1.COC(=O)C(NC(=O)[C@@H](CC(=O)c1cc2c(OC)cccc2[nH]1)CC(C)C)c1cccnc1.COc1cccc2[nH]c(C(=O)C[C@@H](CC(C)C)C(=O)NC(C#N)c3cccnc3)cc12.COc1cccc2[nH]c(C(=O)C[C@@H](CC(C)C)C(=O)NC(C(N)=O)c3cccnc3)cc12.COc1cccc2[nH]c(C(=O)C[C@@H](CC(C)C)C(=O)O)cc12.Cl. The van der Waals surface area contributed by atoms with Crippen LogP contribution in [0.2, 0.25) is 0 Å². The standard InChI is InChI=1S/C25H29N3O5.C24H28N4O4.C24H26N4O3.C17H21NO4.C8H10N2O2.C8H9NO2.ClH/c1-15(2)11-17(24(30)28-23(25(31)33-4)16-7-6-10-26-14-16)12-21(29)20-13-18-19(27-20)8-5-9-22(18)32-3;1-14(2)10-16(24(31)28-22(23(25)30)15-6-5-9-26-13-15)11-20(29)19-12-17-18(27-19)7-4-8-21(17)32-3;1-15(2)10-17(24(30)28-21(13-25)16-6-5-9-26-14-16)11-22(29)20-12-18-19(27-20)7-4-8-23(18)31-3;1-10(2)7-11(17(20)21)8-15(19)14-9-12-13(18-14)5-4-6-16(12)22-3;1-12-8(11)7(9)6-3-2-4-10-5-6;1-6(8(10)11)7-3-2-4-9-5-7;/h5-10,13-15,17,23,27H,11-12H2,1-4H3,(H,28,30);4-9,12-14,16,22,27H,10-11H2,1-3H3,(H2,25,30)(H,28,31);4-9,12,14-15,17,21,27H,10-11H2,1-3H3,(H,28,30);4-6,9-11,18H,7-8H2,1-3H3,(H,20,21);2-5,7H,9H2,1H3;2-6H,1H3,(H,10,11);1H/t17-,23?;16-,22?;17-,21?;11-;;;/m1111.../s1. The van der Waals surface area contributed by atoms with Crippen molar-refractivity contribution in [2.75, 3.05) is 42.7 Å². The number of fused-ring (bicyclic) bond motifs is 4. The molecule has 13 N–H and O–H groups in total. The van der Waals surface area contributed by atoms with Gasteiger partial charge >= 0.3 is 23.9 Å². The van der Waals surface area contributed by atoms with Gasteiger partial charge in [-0.25, -0.2) is 4.79 Å². The molecule has 4 aromatic carbocycles. The fourth-order valence-corrected chi connectivity index (χ4v) is 15.5. The van der Waals surface area contributed by atoms with Crippen molar-refractivity contribution in [3.05, 3.63) is 270 Å². The number of hydrogen-bond donors (Lipinski definition) is 11. The van der Waals surface area contributed by atoms with Gasteiger partial charge in [0.1, 0.15) is 41.1 Å². The zero-order valence-electron chi connectivity index (χ0n) is 81.9. The number of methoxy groups -OCH3 is 6. The van der Waals surface area contributed by atoms with E-state index >= 15 is 0 Å². The van der Waals surface area contributed by atoms with Crippen molar-refractivity contribution in [3.8, 4) is 29.1 Å². The van der Waals surface area contributed by atoms with Gasteiger partial charge in [0.2, 0.25) is 23.6 Å². The number of nitriles is 1. The molecule has 0 aliphatic rings. The van der Waals surface area contributed by atoms with Crippen LogP contribution in [0.15, 0.2) is 220 Å². The van der Waals surface area contributed by atoms with E-state index in [4.69, 9.17) is 40.3 Å². The van der Waals surface area contributed by atoms with Gasteiger partial charge < -0.3 is 86.0 Å². The minimum Gasteiger partial charge on any atom is -0.496 e. The number of carbonyl (C=O) groups is 12. The molecule has 0 saturated carbocycles. The normalized spacial score (nSPS) is 12.7. The number of amides is 4. The molecule has 142 heavy (non-hydrogen) atoms. The quantitative estimate of drug-likeness (QED) is 0.0125. The molecule has 0 fully saturated rings. The van der Waals surface area contributed by atoms with Gasteiger partial charge in [0.05, 0.1) is 83.3 Å². The molecule has 4 amide bonds. The summed E-state index contributed by atoms with van der Waals surface area (Å²) in [5.41, 5.74) is 18.9. The fraction of sp³-hybridized carbons (Fsp3) is 0.340. The molecule has 9 atom stereocenters. The number of aromatic nitrogens is 9. The summed E-state index contributed by atoms with van der Waals surface area (Å²) in [6, 6.07) is 44.7. The number of rotatable bonds is 40. The fourth-order valence-electron chi connectivity index (χ4n) is 15.5. The summed E-state index contributed by atoms with van der Waals surface area (Å²) in [5.74, 6) is -4.74. The van der Waals surface area contributed by atoms with Crippen molar-refractivity contribution in [1.82, 2.24) is 60.8 Å². The Balaban J connectivity index is 0.000000240. The number of pyridine rings is 5. The summed E-state index contributed by atoms with van der Waals surface area (Å²) >= 11 is 0. The number of nitrogens with two attached hydrogens (primary N) is 2. The summed E-state index contributed by atoms with van der Waals surface area (Å²) in [7, 11) is 8.87. The molecule has 36 heteroatoms. The van der Waals surface area contributed by atoms with Gasteiger partial charge in [-0.2, -0.15) is 5.26 Å². The molecule has 0 radical (unpaired) electrons. The lowest BCUT2D eigenvalue weighted by Crippen LogP contribution is -2.41. The maximum atomic E-state index is 13.2. The number of benzene rings is 4.